The number of hydrogen-bond donors (Lipinski definition) is 3. The third-order valence-electron chi connectivity index (χ3n) is 2.43. The maximum atomic E-state index is 10.0. The predicted molar refractivity (Wildman–Crippen MR) is 55.9 cm³/mol. The zero-order valence-corrected chi connectivity index (χ0v) is 9.25. The largest absolute Gasteiger partial charge is 0.393 e. The molecule has 0 radical (unpaired) electrons. The number of carbonyl (C=O) groups excluding carboxylic acids is 1. The Morgan fingerprint density at radius 3 is 2.12 bits per heavy atom. The summed E-state index contributed by atoms with van der Waals surface area (Å²) in [6, 6.07) is 0. The number of aldehydes is 1. The summed E-state index contributed by atoms with van der Waals surface area (Å²) in [5.74, 6) is 0. The van der Waals surface area contributed by atoms with Crippen LogP contribution in [0.25, 0.3) is 0 Å². The molecular weight excluding hydrogens is 216 g/mol. The minimum absolute atomic E-state index is 0.424. The van der Waals surface area contributed by atoms with Crippen molar-refractivity contribution in [1.29, 1.82) is 0 Å². The zero-order chi connectivity index (χ0) is 12.2. The average Bonchev–Trinajstić information content (AvgIpc) is 2.32. The fourth-order valence-corrected chi connectivity index (χ4v) is 1.45. The van der Waals surface area contributed by atoms with Crippen LogP contribution < -0.4 is 0 Å². The lowest BCUT2D eigenvalue weighted by Gasteiger charge is -2.19. The van der Waals surface area contributed by atoms with E-state index >= 15 is 0 Å². The summed E-state index contributed by atoms with van der Waals surface area (Å²) >= 11 is 0. The van der Waals surface area contributed by atoms with Gasteiger partial charge in [-0.05, 0) is 12.8 Å². The fourth-order valence-electron chi connectivity index (χ4n) is 1.45. The zero-order valence-electron chi connectivity index (χ0n) is 9.25. The maximum Gasteiger partial charge on any atom is 0.145 e. The van der Waals surface area contributed by atoms with Crippen molar-refractivity contribution in [2.75, 3.05) is 6.61 Å². The highest BCUT2D eigenvalue weighted by Gasteiger charge is 2.22. The van der Waals surface area contributed by atoms with Crippen LogP contribution in [0.2, 0.25) is 0 Å². The minimum atomic E-state index is -0.931. The lowest BCUT2D eigenvalue weighted by molar-refractivity contribution is -0.359. The first-order valence-electron chi connectivity index (χ1n) is 5.45. The topological polar surface area (TPSA) is 96.2 Å². The second-order valence-electron chi connectivity index (χ2n) is 3.63. The second kappa shape index (κ2) is 11.0. The van der Waals surface area contributed by atoms with E-state index in [1.54, 1.807) is 0 Å². The molecule has 0 aromatic heterocycles. The Balaban J connectivity index is 3.58. The first-order valence-corrected chi connectivity index (χ1v) is 5.45. The van der Waals surface area contributed by atoms with Gasteiger partial charge in [-0.15, -0.1) is 0 Å². The number of rotatable bonds is 11. The van der Waals surface area contributed by atoms with Crippen molar-refractivity contribution in [3.63, 3.8) is 0 Å². The Hall–Kier alpha value is -0.530. The van der Waals surface area contributed by atoms with Crippen molar-refractivity contribution in [2.24, 2.45) is 0 Å². The van der Waals surface area contributed by atoms with Crippen molar-refractivity contribution < 1.29 is 30.2 Å². The van der Waals surface area contributed by atoms with E-state index in [-0.39, 0.29) is 0 Å². The second-order valence-corrected chi connectivity index (χ2v) is 3.63. The Labute approximate surface area is 94.7 Å². The first-order chi connectivity index (χ1) is 7.79. The number of unbranched alkanes of at least 4 members (excludes halogenated alkanes) is 4. The number of aliphatic hydroxyl groups excluding tert-OH is 1. The summed E-state index contributed by atoms with van der Waals surface area (Å²) in [5.41, 5.74) is 0. The van der Waals surface area contributed by atoms with Crippen molar-refractivity contribution in [1.82, 2.24) is 0 Å². The van der Waals surface area contributed by atoms with E-state index < -0.39 is 18.8 Å². The molecule has 6 heteroatoms. The molecule has 0 saturated carbocycles. The molecule has 2 unspecified atom stereocenters. The molecule has 96 valence electrons. The molecule has 0 amide bonds. The van der Waals surface area contributed by atoms with Crippen LogP contribution in [0.3, 0.4) is 0 Å². The number of hydrogen-bond acceptors (Lipinski definition) is 6. The van der Waals surface area contributed by atoms with Gasteiger partial charge in [-0.2, -0.15) is 0 Å². The maximum absolute atomic E-state index is 10.0. The molecule has 0 aromatic carbocycles. The standard InChI is InChI=1S/C10H20O6/c11-7-5-3-1-2-4-6-9(15-13)10(8-12)16-14/h7,9-10,12-14H,1-6,8H2. The molecule has 0 fully saturated rings. The fraction of sp³-hybridized carbons (Fsp3) is 0.900. The molecule has 6 nitrogen and oxygen atoms in total. The molecule has 0 heterocycles. The predicted octanol–water partition coefficient (Wildman–Crippen LogP) is 1.23. The van der Waals surface area contributed by atoms with Crippen LogP contribution in [0, 0.1) is 0 Å². The van der Waals surface area contributed by atoms with Gasteiger partial charge in [-0.1, -0.05) is 19.3 Å². The smallest absolute Gasteiger partial charge is 0.145 e. The van der Waals surface area contributed by atoms with Crippen LogP contribution in [0.5, 0.6) is 0 Å². The molecule has 16 heavy (non-hydrogen) atoms. The van der Waals surface area contributed by atoms with Crippen LogP contribution in [0.4, 0.5) is 0 Å². The SMILES string of the molecule is O=CCCCCCCC(OO)C(CO)OO. The van der Waals surface area contributed by atoms with Gasteiger partial charge in [-0.3, -0.25) is 10.5 Å². The van der Waals surface area contributed by atoms with Crippen LogP contribution in [0.15, 0.2) is 0 Å². The average molecular weight is 236 g/mol. The number of aliphatic hydroxyl groups is 1. The molecule has 0 aromatic rings. The molecule has 0 rings (SSSR count). The van der Waals surface area contributed by atoms with Crippen molar-refractivity contribution in [3.05, 3.63) is 0 Å². The monoisotopic (exact) mass is 236 g/mol. The van der Waals surface area contributed by atoms with Gasteiger partial charge in [0.25, 0.3) is 0 Å². The summed E-state index contributed by atoms with van der Waals surface area (Å²) < 4.78 is 0. The summed E-state index contributed by atoms with van der Waals surface area (Å²) in [6.45, 7) is -0.424. The van der Waals surface area contributed by atoms with Gasteiger partial charge < -0.3 is 9.90 Å². The van der Waals surface area contributed by atoms with Gasteiger partial charge in [0.15, 0.2) is 0 Å². The van der Waals surface area contributed by atoms with E-state index in [0.717, 1.165) is 32.0 Å². The van der Waals surface area contributed by atoms with Gasteiger partial charge in [0.05, 0.1) is 6.61 Å². The van der Waals surface area contributed by atoms with E-state index in [1.165, 1.54) is 0 Å². The van der Waals surface area contributed by atoms with Crippen LogP contribution in [-0.2, 0) is 14.6 Å². The summed E-state index contributed by atoms with van der Waals surface area (Å²) in [7, 11) is 0. The summed E-state index contributed by atoms with van der Waals surface area (Å²) in [5, 5.41) is 25.7. The first kappa shape index (κ1) is 15.5. The number of carbonyl (C=O) groups is 1. The van der Waals surface area contributed by atoms with Gasteiger partial charge in [0, 0.05) is 6.42 Å². The van der Waals surface area contributed by atoms with E-state index in [4.69, 9.17) is 15.6 Å². The Kier molecular flexibility index (Phi) is 10.6. The molecule has 0 spiro atoms. The minimum Gasteiger partial charge on any atom is -0.393 e. The normalized spacial score (nSPS) is 14.7. The molecule has 0 aliphatic rings. The molecule has 3 N–H and O–H groups in total. The third kappa shape index (κ3) is 6.86. The van der Waals surface area contributed by atoms with E-state index in [9.17, 15) is 4.79 Å². The Bertz CT molecular complexity index is 159. The summed E-state index contributed by atoms with van der Waals surface area (Å²) in [6.07, 6.45) is 3.72. The van der Waals surface area contributed by atoms with Gasteiger partial charge >= 0.3 is 0 Å². The summed E-state index contributed by atoms with van der Waals surface area (Å²) in [4.78, 5) is 18.1. The Morgan fingerprint density at radius 1 is 1.00 bits per heavy atom. The van der Waals surface area contributed by atoms with E-state index in [2.05, 4.69) is 9.78 Å². The van der Waals surface area contributed by atoms with Gasteiger partial charge in [-0.25, -0.2) is 9.78 Å². The quantitative estimate of drug-likeness (QED) is 0.216. The highest BCUT2D eigenvalue weighted by Crippen LogP contribution is 2.12. The molecule has 0 saturated heterocycles. The van der Waals surface area contributed by atoms with Gasteiger partial charge in [0.1, 0.15) is 18.5 Å². The van der Waals surface area contributed by atoms with E-state index in [1.807, 2.05) is 0 Å². The van der Waals surface area contributed by atoms with Crippen LogP contribution in [-0.4, -0.2) is 40.7 Å². The van der Waals surface area contributed by atoms with Crippen molar-refractivity contribution in [3.8, 4) is 0 Å². The van der Waals surface area contributed by atoms with Crippen molar-refractivity contribution >= 4 is 6.29 Å². The molecular formula is C10H20O6. The third-order valence-corrected chi connectivity index (χ3v) is 2.43. The highest BCUT2D eigenvalue weighted by atomic mass is 17.1. The van der Waals surface area contributed by atoms with Gasteiger partial charge in [0.2, 0.25) is 0 Å². The lowest BCUT2D eigenvalue weighted by Crippen LogP contribution is -2.33. The van der Waals surface area contributed by atoms with E-state index in [0.29, 0.717) is 12.8 Å². The Morgan fingerprint density at radius 2 is 1.62 bits per heavy atom. The van der Waals surface area contributed by atoms with Crippen molar-refractivity contribution in [2.45, 2.75) is 50.7 Å². The van der Waals surface area contributed by atoms with Crippen LogP contribution in [0.1, 0.15) is 38.5 Å². The van der Waals surface area contributed by atoms with Crippen LogP contribution >= 0.6 is 0 Å². The molecule has 0 aliphatic heterocycles. The highest BCUT2D eigenvalue weighted by molar-refractivity contribution is 5.48. The molecule has 2 atom stereocenters. The molecule has 0 bridgehead atoms. The molecule has 0 aliphatic carbocycles. The lowest BCUT2D eigenvalue weighted by atomic mass is 10.0.